The summed E-state index contributed by atoms with van der Waals surface area (Å²) in [6.45, 7) is 6.49. The summed E-state index contributed by atoms with van der Waals surface area (Å²) in [6, 6.07) is 9.07. The van der Waals surface area contributed by atoms with Crippen LogP contribution in [-0.2, 0) is 14.3 Å². The molecule has 2 aliphatic heterocycles. The third-order valence-electron chi connectivity index (χ3n) is 5.95. The number of hydrogen-bond donors (Lipinski definition) is 3. The van der Waals surface area contributed by atoms with E-state index in [4.69, 9.17) is 4.74 Å². The fraction of sp³-hybridized carbons (Fsp3) is 0.462. The molecule has 0 saturated carbocycles. The predicted octanol–water partition coefficient (Wildman–Crippen LogP) is 1.55. The van der Waals surface area contributed by atoms with Gasteiger partial charge in [0.15, 0.2) is 0 Å². The highest BCUT2D eigenvalue weighted by Crippen LogP contribution is 2.37. The molecule has 11 heteroatoms. The van der Waals surface area contributed by atoms with Crippen LogP contribution in [0.3, 0.4) is 0 Å². The van der Waals surface area contributed by atoms with Crippen molar-refractivity contribution < 1.29 is 19.1 Å². The Hall–Kier alpha value is -3.33. The van der Waals surface area contributed by atoms with Crippen LogP contribution in [0.25, 0.3) is 0 Å². The highest BCUT2D eigenvalue weighted by molar-refractivity contribution is 8.04. The Balaban J connectivity index is 1.56. The second kappa shape index (κ2) is 14.4. The fourth-order valence-electron chi connectivity index (χ4n) is 3.99. The third-order valence-corrected chi connectivity index (χ3v) is 7.25. The zero-order valence-electron chi connectivity index (χ0n) is 21.3. The maximum atomic E-state index is 13.0. The maximum absolute atomic E-state index is 13.0. The number of carbonyl (C=O) groups is 3. The molecule has 1 unspecified atom stereocenters. The van der Waals surface area contributed by atoms with Crippen LogP contribution in [0, 0.1) is 11.3 Å². The number of anilines is 1. The van der Waals surface area contributed by atoms with E-state index in [9.17, 15) is 19.6 Å². The van der Waals surface area contributed by atoms with Gasteiger partial charge in [0.1, 0.15) is 21.9 Å². The molecule has 0 aliphatic carbocycles. The molecule has 1 aromatic carbocycles. The monoisotopic (exact) mass is 526 g/mol. The molecule has 37 heavy (non-hydrogen) atoms. The topological polar surface area (TPSA) is 127 Å². The Bertz CT molecular complexity index is 1080. The van der Waals surface area contributed by atoms with Crippen molar-refractivity contribution in [1.29, 1.82) is 5.26 Å². The minimum absolute atomic E-state index is 0.0848. The molecule has 0 spiro atoms. The lowest BCUT2D eigenvalue weighted by Crippen LogP contribution is -2.34. The Morgan fingerprint density at radius 1 is 1.22 bits per heavy atom. The molecule has 1 atom stereocenters. The lowest BCUT2D eigenvalue weighted by molar-refractivity contribution is -0.127. The number of benzene rings is 1. The third kappa shape index (κ3) is 7.82. The summed E-state index contributed by atoms with van der Waals surface area (Å²) in [4.78, 5) is 41.8. The van der Waals surface area contributed by atoms with Crippen LogP contribution in [0.4, 0.5) is 5.69 Å². The van der Waals surface area contributed by atoms with Gasteiger partial charge in [-0.05, 0) is 31.5 Å². The molecule has 2 heterocycles. The largest absolute Gasteiger partial charge is 0.383 e. The van der Waals surface area contributed by atoms with Crippen molar-refractivity contribution in [3.05, 3.63) is 52.6 Å². The summed E-state index contributed by atoms with van der Waals surface area (Å²) in [5.41, 5.74) is 1.16. The molecule has 1 aromatic rings. The number of rotatable bonds is 13. The van der Waals surface area contributed by atoms with Gasteiger partial charge in [-0.25, -0.2) is 0 Å². The second-order valence-electron chi connectivity index (χ2n) is 8.53. The highest BCUT2D eigenvalue weighted by atomic mass is 32.2. The van der Waals surface area contributed by atoms with E-state index in [2.05, 4.69) is 33.0 Å². The standard InChI is InChI=1S/C26H34N6O4S/c1-3-32-25(35)22(37-26(32)21(17-27)24(34)29-11-15-36-2)18-30-20-9-6-8-19(16-20)23(33)28-10-7-14-31-12-4-5-13-31/h4-6,8-9,16,22,30H,3,7,10-15,18H2,1-2H3,(H,28,33)(H,29,34)/b26-21-. The van der Waals surface area contributed by atoms with Crippen LogP contribution in [-0.4, -0.2) is 92.3 Å². The number of nitrogens with zero attached hydrogens (tertiary/aromatic N) is 3. The molecule has 0 radical (unpaired) electrons. The fourth-order valence-corrected chi connectivity index (χ4v) is 5.25. The zero-order valence-corrected chi connectivity index (χ0v) is 22.1. The van der Waals surface area contributed by atoms with Crippen molar-refractivity contribution >= 4 is 35.2 Å². The van der Waals surface area contributed by atoms with Gasteiger partial charge in [0, 0.05) is 64.2 Å². The van der Waals surface area contributed by atoms with Crippen molar-refractivity contribution in [3.8, 4) is 6.07 Å². The number of hydrogen-bond acceptors (Lipinski definition) is 8. The summed E-state index contributed by atoms with van der Waals surface area (Å²) in [6.07, 6.45) is 5.18. The molecule has 0 aromatic heterocycles. The van der Waals surface area contributed by atoms with Crippen molar-refractivity contribution in [3.63, 3.8) is 0 Å². The Labute approximate surface area is 222 Å². The molecule has 10 nitrogen and oxygen atoms in total. The first-order chi connectivity index (χ1) is 18.0. The molecule has 1 saturated heterocycles. The van der Waals surface area contributed by atoms with Crippen LogP contribution in [0.5, 0.6) is 0 Å². The number of amides is 3. The van der Waals surface area contributed by atoms with Crippen molar-refractivity contribution in [2.45, 2.75) is 18.6 Å². The number of methoxy groups -OCH3 is 1. The van der Waals surface area contributed by atoms with Gasteiger partial charge < -0.3 is 25.6 Å². The van der Waals surface area contributed by atoms with Gasteiger partial charge in [0.2, 0.25) is 5.91 Å². The Kier molecular flexibility index (Phi) is 11.0. The average molecular weight is 527 g/mol. The summed E-state index contributed by atoms with van der Waals surface area (Å²) in [5, 5.41) is 18.3. The molecule has 198 valence electrons. The van der Waals surface area contributed by atoms with E-state index in [1.165, 1.54) is 23.8 Å². The Morgan fingerprint density at radius 2 is 2.00 bits per heavy atom. The van der Waals surface area contributed by atoms with Gasteiger partial charge in [0.05, 0.1) is 6.61 Å². The van der Waals surface area contributed by atoms with Gasteiger partial charge in [0.25, 0.3) is 11.8 Å². The van der Waals surface area contributed by atoms with Crippen LogP contribution >= 0.6 is 11.8 Å². The average Bonchev–Trinajstić information content (AvgIpc) is 3.53. The molecule has 3 rings (SSSR count). The SMILES string of the molecule is CCN1C(=O)C(CNc2cccc(C(=O)NCCCN3CC=CC3)c2)S/C1=C(/C#N)C(=O)NCCOC. The van der Waals surface area contributed by atoms with E-state index in [0.29, 0.717) is 36.0 Å². The molecule has 2 aliphatic rings. The quantitative estimate of drug-likeness (QED) is 0.153. The lowest BCUT2D eigenvalue weighted by Gasteiger charge is -2.16. The van der Waals surface area contributed by atoms with Gasteiger partial charge in [-0.3, -0.25) is 19.3 Å². The second-order valence-corrected chi connectivity index (χ2v) is 9.72. The molecular formula is C26H34N6O4S. The van der Waals surface area contributed by atoms with E-state index in [0.717, 1.165) is 26.1 Å². The minimum Gasteiger partial charge on any atom is -0.383 e. The first-order valence-electron chi connectivity index (χ1n) is 12.4. The number of nitrogens with one attached hydrogen (secondary N) is 3. The first-order valence-corrected chi connectivity index (χ1v) is 13.3. The van der Waals surface area contributed by atoms with Crippen molar-refractivity contribution in [2.75, 3.05) is 64.8 Å². The van der Waals surface area contributed by atoms with E-state index >= 15 is 0 Å². The van der Waals surface area contributed by atoms with E-state index in [1.54, 1.807) is 25.1 Å². The first kappa shape index (κ1) is 28.2. The van der Waals surface area contributed by atoms with Crippen LogP contribution in [0.1, 0.15) is 23.7 Å². The van der Waals surface area contributed by atoms with Gasteiger partial charge >= 0.3 is 0 Å². The molecule has 0 bridgehead atoms. The maximum Gasteiger partial charge on any atom is 0.264 e. The van der Waals surface area contributed by atoms with Crippen LogP contribution in [0.15, 0.2) is 47.0 Å². The van der Waals surface area contributed by atoms with Gasteiger partial charge in [-0.2, -0.15) is 5.26 Å². The number of ether oxygens (including phenoxy) is 1. The number of carbonyl (C=O) groups excluding carboxylic acids is 3. The zero-order chi connectivity index (χ0) is 26.6. The highest BCUT2D eigenvalue weighted by Gasteiger charge is 2.38. The van der Waals surface area contributed by atoms with Crippen LogP contribution in [0.2, 0.25) is 0 Å². The van der Waals surface area contributed by atoms with Gasteiger partial charge in [-0.15, -0.1) is 0 Å². The summed E-state index contributed by atoms with van der Waals surface area (Å²) in [7, 11) is 1.52. The van der Waals surface area contributed by atoms with Crippen molar-refractivity contribution in [1.82, 2.24) is 20.4 Å². The van der Waals surface area contributed by atoms with Crippen LogP contribution < -0.4 is 16.0 Å². The molecular weight excluding hydrogens is 492 g/mol. The Morgan fingerprint density at radius 3 is 2.70 bits per heavy atom. The molecule has 3 amide bonds. The summed E-state index contributed by atoms with van der Waals surface area (Å²) in [5.74, 6) is -0.845. The predicted molar refractivity (Wildman–Crippen MR) is 144 cm³/mol. The molecule has 3 N–H and O–H groups in total. The van der Waals surface area contributed by atoms with Crippen molar-refractivity contribution in [2.24, 2.45) is 0 Å². The smallest absolute Gasteiger partial charge is 0.264 e. The van der Waals surface area contributed by atoms with E-state index < -0.39 is 11.2 Å². The molecule has 1 fully saturated rings. The summed E-state index contributed by atoms with van der Waals surface area (Å²) < 4.78 is 4.93. The number of thioether (sulfide) groups is 1. The number of nitriles is 1. The normalized spacial score (nSPS) is 18.6. The van der Waals surface area contributed by atoms with E-state index in [-0.39, 0.29) is 30.5 Å². The van der Waals surface area contributed by atoms with E-state index in [1.807, 2.05) is 12.1 Å². The van der Waals surface area contributed by atoms with Gasteiger partial charge in [-0.1, -0.05) is 30.0 Å². The minimum atomic E-state index is -0.530. The summed E-state index contributed by atoms with van der Waals surface area (Å²) >= 11 is 1.20. The lowest BCUT2D eigenvalue weighted by atomic mass is 10.2.